The van der Waals surface area contributed by atoms with Crippen molar-refractivity contribution in [3.05, 3.63) is 69.2 Å². The van der Waals surface area contributed by atoms with E-state index in [1.165, 1.54) is 11.1 Å². The Kier molecular flexibility index (Phi) is 6.08. The topological polar surface area (TPSA) is 12.0 Å². The van der Waals surface area contributed by atoms with Gasteiger partial charge < -0.3 is 5.32 Å². The van der Waals surface area contributed by atoms with E-state index in [-0.39, 0.29) is 0 Å². The van der Waals surface area contributed by atoms with E-state index >= 15 is 0 Å². The molecule has 1 N–H and O–H groups in total. The van der Waals surface area contributed by atoms with E-state index < -0.39 is 0 Å². The monoisotopic (exact) mass is 351 g/mol. The van der Waals surface area contributed by atoms with E-state index in [9.17, 15) is 0 Å². The lowest BCUT2D eigenvalue weighted by molar-refractivity contribution is 0.529. The Morgan fingerprint density at radius 2 is 1.80 bits per heavy atom. The molecule has 0 spiro atoms. The van der Waals surface area contributed by atoms with Gasteiger partial charge in [0.05, 0.1) is 0 Å². The molecule has 20 heavy (non-hydrogen) atoms. The van der Waals surface area contributed by atoms with Gasteiger partial charge in [0, 0.05) is 15.5 Å². The molecule has 0 saturated carbocycles. The number of hydrogen-bond acceptors (Lipinski definition) is 1. The second kappa shape index (κ2) is 7.82. The maximum atomic E-state index is 6.28. The molecule has 3 heteroatoms. The predicted molar refractivity (Wildman–Crippen MR) is 90.3 cm³/mol. The molecule has 2 rings (SSSR count). The lowest BCUT2D eigenvalue weighted by Crippen LogP contribution is -2.24. The number of nitrogens with one attached hydrogen (secondary N) is 1. The lowest BCUT2D eigenvalue weighted by atomic mass is 9.98. The van der Waals surface area contributed by atoms with Crippen molar-refractivity contribution in [1.82, 2.24) is 5.32 Å². The number of benzene rings is 2. The zero-order valence-corrected chi connectivity index (χ0v) is 13.9. The molecule has 0 radical (unpaired) electrons. The maximum absolute atomic E-state index is 6.28. The lowest BCUT2D eigenvalue weighted by Gasteiger charge is -2.20. The van der Waals surface area contributed by atoms with E-state index in [4.69, 9.17) is 11.6 Å². The van der Waals surface area contributed by atoms with Gasteiger partial charge in [-0.3, -0.25) is 0 Å². The van der Waals surface area contributed by atoms with Crippen LogP contribution in [-0.4, -0.2) is 6.54 Å². The molecular weight excluding hydrogens is 334 g/mol. The van der Waals surface area contributed by atoms with E-state index in [1.54, 1.807) is 0 Å². The highest BCUT2D eigenvalue weighted by atomic mass is 79.9. The highest BCUT2D eigenvalue weighted by Gasteiger charge is 2.13. The van der Waals surface area contributed by atoms with Gasteiger partial charge in [0.2, 0.25) is 0 Å². The summed E-state index contributed by atoms with van der Waals surface area (Å²) in [7, 11) is 0. The van der Waals surface area contributed by atoms with Gasteiger partial charge in [-0.1, -0.05) is 64.8 Å². The van der Waals surface area contributed by atoms with Gasteiger partial charge in [0.15, 0.2) is 0 Å². The molecule has 0 aromatic heterocycles. The van der Waals surface area contributed by atoms with Crippen LogP contribution in [0.1, 0.15) is 30.5 Å². The Hall–Kier alpha value is -0.830. The van der Waals surface area contributed by atoms with Crippen molar-refractivity contribution in [3.8, 4) is 0 Å². The van der Waals surface area contributed by atoms with Crippen LogP contribution in [0.5, 0.6) is 0 Å². The Morgan fingerprint density at radius 3 is 2.45 bits per heavy atom. The zero-order chi connectivity index (χ0) is 14.4. The Morgan fingerprint density at radius 1 is 1.10 bits per heavy atom. The van der Waals surface area contributed by atoms with Gasteiger partial charge in [-0.2, -0.15) is 0 Å². The summed E-state index contributed by atoms with van der Waals surface area (Å²) in [5, 5.41) is 4.45. The molecule has 0 fully saturated rings. The molecule has 0 saturated heterocycles. The quantitative estimate of drug-likeness (QED) is 0.735. The maximum Gasteiger partial charge on any atom is 0.0438 e. The van der Waals surface area contributed by atoms with Crippen LogP contribution in [0.25, 0.3) is 0 Å². The number of hydrogen-bond donors (Lipinski definition) is 1. The van der Waals surface area contributed by atoms with Gasteiger partial charge in [0.1, 0.15) is 0 Å². The summed E-state index contributed by atoms with van der Waals surface area (Å²) in [5.41, 5.74) is 2.48. The van der Waals surface area contributed by atoms with Crippen LogP contribution in [-0.2, 0) is 6.42 Å². The van der Waals surface area contributed by atoms with Gasteiger partial charge in [-0.15, -0.1) is 0 Å². The van der Waals surface area contributed by atoms with Crippen molar-refractivity contribution in [2.75, 3.05) is 6.54 Å². The standard InChI is InChI=1S/C17H19BrClN/c1-2-11-20-17(13-7-9-15(18)10-8-13)12-14-5-3-4-6-16(14)19/h3-10,17,20H,2,11-12H2,1H3. The summed E-state index contributed by atoms with van der Waals surface area (Å²) >= 11 is 9.76. The summed E-state index contributed by atoms with van der Waals surface area (Å²) < 4.78 is 1.10. The first-order valence-electron chi connectivity index (χ1n) is 6.93. The molecule has 2 aromatic carbocycles. The van der Waals surface area contributed by atoms with E-state index in [1.807, 2.05) is 18.2 Å². The van der Waals surface area contributed by atoms with Crippen molar-refractivity contribution in [2.45, 2.75) is 25.8 Å². The first-order chi connectivity index (χ1) is 9.70. The second-order valence-corrected chi connectivity index (χ2v) is 6.18. The van der Waals surface area contributed by atoms with Crippen LogP contribution in [0.2, 0.25) is 5.02 Å². The van der Waals surface area contributed by atoms with Crippen molar-refractivity contribution in [1.29, 1.82) is 0 Å². The third kappa shape index (κ3) is 4.34. The molecule has 1 nitrogen and oxygen atoms in total. The molecule has 0 aliphatic rings. The number of halogens is 2. The van der Waals surface area contributed by atoms with E-state index in [0.717, 1.165) is 28.9 Å². The van der Waals surface area contributed by atoms with Crippen LogP contribution in [0, 0.1) is 0 Å². The molecule has 2 aromatic rings. The molecule has 0 amide bonds. The summed E-state index contributed by atoms with van der Waals surface area (Å²) in [6, 6.07) is 16.9. The SMILES string of the molecule is CCCNC(Cc1ccccc1Cl)c1ccc(Br)cc1. The fraction of sp³-hybridized carbons (Fsp3) is 0.294. The zero-order valence-electron chi connectivity index (χ0n) is 11.6. The third-order valence-electron chi connectivity index (χ3n) is 3.29. The fourth-order valence-corrected chi connectivity index (χ4v) is 2.68. The highest BCUT2D eigenvalue weighted by Crippen LogP contribution is 2.24. The van der Waals surface area contributed by atoms with Gasteiger partial charge >= 0.3 is 0 Å². The summed E-state index contributed by atoms with van der Waals surface area (Å²) in [6.07, 6.45) is 2.02. The average molecular weight is 353 g/mol. The molecule has 0 heterocycles. The average Bonchev–Trinajstić information content (AvgIpc) is 2.46. The fourth-order valence-electron chi connectivity index (χ4n) is 2.21. The molecule has 106 valence electrons. The van der Waals surface area contributed by atoms with Crippen LogP contribution >= 0.6 is 27.5 Å². The van der Waals surface area contributed by atoms with E-state index in [0.29, 0.717) is 6.04 Å². The van der Waals surface area contributed by atoms with Crippen molar-refractivity contribution >= 4 is 27.5 Å². The van der Waals surface area contributed by atoms with Gasteiger partial charge in [-0.25, -0.2) is 0 Å². The smallest absolute Gasteiger partial charge is 0.0438 e. The molecular formula is C17H19BrClN. The Balaban J connectivity index is 2.19. The molecule has 0 aliphatic carbocycles. The van der Waals surface area contributed by atoms with E-state index in [2.05, 4.69) is 58.5 Å². The predicted octanol–water partition coefficient (Wildman–Crippen LogP) is 5.39. The molecule has 0 aliphatic heterocycles. The van der Waals surface area contributed by atoms with Gasteiger partial charge in [-0.05, 0) is 48.7 Å². The summed E-state index contributed by atoms with van der Waals surface area (Å²) in [6.45, 7) is 3.19. The summed E-state index contributed by atoms with van der Waals surface area (Å²) in [4.78, 5) is 0. The minimum atomic E-state index is 0.294. The molecule has 1 atom stereocenters. The molecule has 0 bridgehead atoms. The van der Waals surface area contributed by atoms with Crippen molar-refractivity contribution < 1.29 is 0 Å². The van der Waals surface area contributed by atoms with Crippen molar-refractivity contribution in [3.63, 3.8) is 0 Å². The summed E-state index contributed by atoms with van der Waals surface area (Å²) in [5.74, 6) is 0. The van der Waals surface area contributed by atoms with Crippen LogP contribution in [0.4, 0.5) is 0 Å². The van der Waals surface area contributed by atoms with Crippen LogP contribution in [0.3, 0.4) is 0 Å². The normalized spacial score (nSPS) is 12.3. The largest absolute Gasteiger partial charge is 0.310 e. The minimum Gasteiger partial charge on any atom is -0.310 e. The van der Waals surface area contributed by atoms with Crippen LogP contribution < -0.4 is 5.32 Å². The van der Waals surface area contributed by atoms with Crippen LogP contribution in [0.15, 0.2) is 53.0 Å². The van der Waals surface area contributed by atoms with Crippen molar-refractivity contribution in [2.24, 2.45) is 0 Å². The number of rotatable bonds is 6. The Bertz CT molecular complexity index is 539. The first-order valence-corrected chi connectivity index (χ1v) is 8.10. The second-order valence-electron chi connectivity index (χ2n) is 4.85. The van der Waals surface area contributed by atoms with Gasteiger partial charge in [0.25, 0.3) is 0 Å². The Labute approximate surface area is 134 Å². The first kappa shape index (κ1) is 15.6. The third-order valence-corrected chi connectivity index (χ3v) is 4.19. The molecule has 1 unspecified atom stereocenters. The highest BCUT2D eigenvalue weighted by molar-refractivity contribution is 9.10. The minimum absolute atomic E-state index is 0.294.